The smallest absolute Gasteiger partial charge is 0.416 e. The first-order valence-electron chi connectivity index (χ1n) is 6.01. The van der Waals surface area contributed by atoms with E-state index in [1.54, 1.807) is 0 Å². The Morgan fingerprint density at radius 1 is 1.21 bits per heavy atom. The Labute approximate surface area is 108 Å². The van der Waals surface area contributed by atoms with Gasteiger partial charge in [0.1, 0.15) is 0 Å². The lowest BCUT2D eigenvalue weighted by molar-refractivity contribution is -0.142. The zero-order valence-corrected chi connectivity index (χ0v) is 10.1. The fraction of sp³-hybridized carbons (Fsp3) is 0.462. The van der Waals surface area contributed by atoms with Gasteiger partial charge < -0.3 is 10.4 Å². The number of carboxylic acids is 1. The normalized spacial score (nSPS) is 24.2. The van der Waals surface area contributed by atoms with Gasteiger partial charge in [0.15, 0.2) is 0 Å². The van der Waals surface area contributed by atoms with E-state index in [-0.39, 0.29) is 6.04 Å². The van der Waals surface area contributed by atoms with Crippen molar-refractivity contribution in [2.24, 2.45) is 5.92 Å². The van der Waals surface area contributed by atoms with E-state index in [2.05, 4.69) is 5.32 Å². The molecule has 1 fully saturated rings. The van der Waals surface area contributed by atoms with Crippen molar-refractivity contribution in [2.75, 3.05) is 6.54 Å². The number of hydrogen-bond acceptors (Lipinski definition) is 2. The molecule has 19 heavy (non-hydrogen) atoms. The van der Waals surface area contributed by atoms with Gasteiger partial charge in [0, 0.05) is 12.6 Å². The van der Waals surface area contributed by atoms with Crippen LogP contribution < -0.4 is 5.32 Å². The van der Waals surface area contributed by atoms with Crippen molar-refractivity contribution >= 4 is 5.97 Å². The summed E-state index contributed by atoms with van der Waals surface area (Å²) in [6.07, 6.45) is -3.18. The molecule has 1 aromatic rings. The molecule has 1 aliphatic heterocycles. The average Bonchev–Trinajstić information content (AvgIpc) is 2.38. The SMILES string of the molecule is O=C(O)C1CC[C@@H](c2ccc(C(F)(F)F)cc2)NC1. The maximum Gasteiger partial charge on any atom is 0.416 e. The van der Waals surface area contributed by atoms with Crippen LogP contribution in [0.2, 0.25) is 0 Å². The molecule has 104 valence electrons. The van der Waals surface area contributed by atoms with Crippen LogP contribution in [0.15, 0.2) is 24.3 Å². The Morgan fingerprint density at radius 3 is 2.26 bits per heavy atom. The second-order valence-electron chi connectivity index (χ2n) is 4.69. The minimum atomic E-state index is -4.33. The van der Waals surface area contributed by atoms with Crippen LogP contribution in [0.4, 0.5) is 13.2 Å². The summed E-state index contributed by atoms with van der Waals surface area (Å²) in [6, 6.07) is 4.93. The summed E-state index contributed by atoms with van der Waals surface area (Å²) in [7, 11) is 0. The molecular formula is C13H14F3NO2. The number of halogens is 3. The number of benzene rings is 1. The highest BCUT2D eigenvalue weighted by Gasteiger charge is 2.31. The molecule has 0 amide bonds. The summed E-state index contributed by atoms with van der Waals surface area (Å²) >= 11 is 0. The monoisotopic (exact) mass is 273 g/mol. The quantitative estimate of drug-likeness (QED) is 0.871. The maximum absolute atomic E-state index is 12.4. The number of piperidine rings is 1. The minimum Gasteiger partial charge on any atom is -0.481 e. The van der Waals surface area contributed by atoms with Crippen molar-refractivity contribution in [1.82, 2.24) is 5.32 Å². The van der Waals surface area contributed by atoms with Gasteiger partial charge in [-0.1, -0.05) is 12.1 Å². The van der Waals surface area contributed by atoms with Crippen molar-refractivity contribution in [2.45, 2.75) is 25.1 Å². The van der Waals surface area contributed by atoms with Gasteiger partial charge in [0.05, 0.1) is 11.5 Å². The Hall–Kier alpha value is -1.56. The molecule has 1 saturated heterocycles. The van der Waals surface area contributed by atoms with Crippen LogP contribution in [0.5, 0.6) is 0 Å². The molecule has 2 atom stereocenters. The number of carboxylic acid groups (broad SMARTS) is 1. The van der Waals surface area contributed by atoms with E-state index in [9.17, 15) is 18.0 Å². The Morgan fingerprint density at radius 2 is 1.84 bits per heavy atom. The Kier molecular flexibility index (Phi) is 3.80. The highest BCUT2D eigenvalue weighted by atomic mass is 19.4. The van der Waals surface area contributed by atoms with E-state index < -0.39 is 23.6 Å². The summed E-state index contributed by atoms with van der Waals surface area (Å²) in [4.78, 5) is 10.8. The van der Waals surface area contributed by atoms with Crippen LogP contribution in [-0.4, -0.2) is 17.6 Å². The zero-order chi connectivity index (χ0) is 14.0. The van der Waals surface area contributed by atoms with Crippen LogP contribution in [0.1, 0.15) is 30.0 Å². The third-order valence-corrected chi connectivity index (χ3v) is 3.40. The van der Waals surface area contributed by atoms with Crippen molar-refractivity contribution in [3.63, 3.8) is 0 Å². The Balaban J connectivity index is 2.02. The molecule has 1 aromatic carbocycles. The molecule has 2 N–H and O–H groups in total. The van der Waals surface area contributed by atoms with Gasteiger partial charge in [0.2, 0.25) is 0 Å². The molecule has 0 saturated carbocycles. The second kappa shape index (κ2) is 5.21. The summed E-state index contributed by atoms with van der Waals surface area (Å²) < 4.78 is 37.3. The number of carbonyl (C=O) groups is 1. The third kappa shape index (κ3) is 3.26. The maximum atomic E-state index is 12.4. The average molecular weight is 273 g/mol. The lowest BCUT2D eigenvalue weighted by Crippen LogP contribution is -2.36. The molecule has 0 aliphatic carbocycles. The number of aliphatic carboxylic acids is 1. The number of nitrogens with one attached hydrogen (secondary N) is 1. The second-order valence-corrected chi connectivity index (χ2v) is 4.69. The van der Waals surface area contributed by atoms with E-state index in [0.29, 0.717) is 19.4 Å². The van der Waals surface area contributed by atoms with Crippen LogP contribution in [0.3, 0.4) is 0 Å². The minimum absolute atomic E-state index is 0.0714. The van der Waals surface area contributed by atoms with Crippen LogP contribution in [0, 0.1) is 5.92 Å². The lowest BCUT2D eigenvalue weighted by atomic mass is 9.91. The van der Waals surface area contributed by atoms with Crippen LogP contribution in [-0.2, 0) is 11.0 Å². The first kappa shape index (κ1) is 13.9. The standard InChI is InChI=1S/C13H14F3NO2/c14-13(15,16)10-4-1-8(2-5-10)11-6-3-9(7-17-11)12(18)19/h1-2,4-5,9,11,17H,3,6-7H2,(H,18,19)/t9?,11-/m0/s1. The molecule has 1 aliphatic rings. The molecule has 0 radical (unpaired) electrons. The van der Waals surface area contributed by atoms with Gasteiger partial charge >= 0.3 is 12.1 Å². The summed E-state index contributed by atoms with van der Waals surface area (Å²) in [5, 5.41) is 11.9. The first-order chi connectivity index (χ1) is 8.88. The molecule has 2 rings (SSSR count). The van der Waals surface area contributed by atoms with Crippen molar-refractivity contribution in [3.05, 3.63) is 35.4 Å². The number of rotatable bonds is 2. The molecule has 0 aromatic heterocycles. The highest BCUT2D eigenvalue weighted by Crippen LogP contribution is 2.31. The highest BCUT2D eigenvalue weighted by molar-refractivity contribution is 5.70. The molecule has 1 heterocycles. The van der Waals surface area contributed by atoms with Gasteiger partial charge in [-0.3, -0.25) is 4.79 Å². The molecule has 1 unspecified atom stereocenters. The van der Waals surface area contributed by atoms with E-state index in [4.69, 9.17) is 5.11 Å². The number of alkyl halides is 3. The van der Waals surface area contributed by atoms with Crippen LogP contribution in [0.25, 0.3) is 0 Å². The zero-order valence-electron chi connectivity index (χ0n) is 10.1. The Bertz CT molecular complexity index is 448. The predicted octanol–water partition coefficient (Wildman–Crippen LogP) is 2.83. The fourth-order valence-corrected chi connectivity index (χ4v) is 2.26. The van der Waals surface area contributed by atoms with Crippen LogP contribution >= 0.6 is 0 Å². The van der Waals surface area contributed by atoms with Crippen molar-refractivity contribution < 1.29 is 23.1 Å². The van der Waals surface area contributed by atoms with E-state index in [1.807, 2.05) is 0 Å². The van der Waals surface area contributed by atoms with Crippen molar-refractivity contribution in [1.29, 1.82) is 0 Å². The van der Waals surface area contributed by atoms with Gasteiger partial charge in [-0.05, 0) is 30.5 Å². The van der Waals surface area contributed by atoms with E-state index in [0.717, 1.165) is 17.7 Å². The first-order valence-corrected chi connectivity index (χ1v) is 6.01. The molecule has 0 spiro atoms. The predicted molar refractivity (Wildman–Crippen MR) is 62.5 cm³/mol. The van der Waals surface area contributed by atoms with Crippen molar-refractivity contribution in [3.8, 4) is 0 Å². The van der Waals surface area contributed by atoms with Gasteiger partial charge in [-0.15, -0.1) is 0 Å². The van der Waals surface area contributed by atoms with E-state index >= 15 is 0 Å². The summed E-state index contributed by atoms with van der Waals surface area (Å²) in [5.41, 5.74) is 0.0901. The van der Waals surface area contributed by atoms with Gasteiger partial charge in [-0.25, -0.2) is 0 Å². The lowest BCUT2D eigenvalue weighted by Gasteiger charge is -2.28. The van der Waals surface area contributed by atoms with E-state index in [1.165, 1.54) is 12.1 Å². The number of hydrogen-bond donors (Lipinski definition) is 2. The van der Waals surface area contributed by atoms with Gasteiger partial charge in [0.25, 0.3) is 0 Å². The topological polar surface area (TPSA) is 49.3 Å². The summed E-state index contributed by atoms with van der Waals surface area (Å²) in [6.45, 7) is 0.348. The molecule has 3 nitrogen and oxygen atoms in total. The fourth-order valence-electron chi connectivity index (χ4n) is 2.26. The largest absolute Gasteiger partial charge is 0.481 e. The van der Waals surface area contributed by atoms with Gasteiger partial charge in [-0.2, -0.15) is 13.2 Å². The molecule has 6 heteroatoms. The third-order valence-electron chi connectivity index (χ3n) is 3.40. The molecular weight excluding hydrogens is 259 g/mol. The molecule has 0 bridgehead atoms. The summed E-state index contributed by atoms with van der Waals surface area (Å²) in [5.74, 6) is -1.25.